The van der Waals surface area contributed by atoms with Crippen molar-refractivity contribution >= 4 is 5.69 Å². The van der Waals surface area contributed by atoms with Crippen LogP contribution in [0.5, 0.6) is 5.75 Å². The smallest absolute Gasteiger partial charge is 0.142 e. The first-order valence-corrected chi connectivity index (χ1v) is 6.40. The molecule has 0 radical (unpaired) electrons. The predicted molar refractivity (Wildman–Crippen MR) is 74.9 cm³/mol. The van der Waals surface area contributed by atoms with E-state index in [1.54, 1.807) is 0 Å². The van der Waals surface area contributed by atoms with Gasteiger partial charge in [0.25, 0.3) is 0 Å². The third-order valence-corrected chi connectivity index (χ3v) is 3.11. The van der Waals surface area contributed by atoms with Gasteiger partial charge in [-0.25, -0.2) is 0 Å². The lowest BCUT2D eigenvalue weighted by atomic mass is 10.1. The van der Waals surface area contributed by atoms with Crippen LogP contribution in [0.25, 0.3) is 0 Å². The summed E-state index contributed by atoms with van der Waals surface area (Å²) in [5.41, 5.74) is 7.81. The number of nitrogens with zero attached hydrogens (tertiary/aromatic N) is 1. The van der Waals surface area contributed by atoms with Crippen LogP contribution in [0.4, 0.5) is 5.69 Å². The molecule has 4 heteroatoms. The summed E-state index contributed by atoms with van der Waals surface area (Å²) >= 11 is 0. The SMILES string of the molecule is CCOc1ccc(CC(C)N(C)CCO)cc1N. The molecule has 1 unspecified atom stereocenters. The molecule has 0 bridgehead atoms. The second-order valence-corrected chi connectivity index (χ2v) is 4.56. The summed E-state index contributed by atoms with van der Waals surface area (Å²) in [7, 11) is 2.01. The van der Waals surface area contributed by atoms with Crippen LogP contribution >= 0.6 is 0 Å². The first kappa shape index (κ1) is 14.8. The van der Waals surface area contributed by atoms with Crippen molar-refractivity contribution in [2.75, 3.05) is 32.5 Å². The number of likely N-dealkylation sites (N-methyl/N-ethyl adjacent to an activating group) is 1. The Balaban J connectivity index is 2.65. The minimum Gasteiger partial charge on any atom is -0.492 e. The molecule has 1 rings (SSSR count). The van der Waals surface area contributed by atoms with Crippen molar-refractivity contribution in [3.8, 4) is 5.75 Å². The fourth-order valence-corrected chi connectivity index (χ4v) is 1.89. The summed E-state index contributed by atoms with van der Waals surface area (Å²) < 4.78 is 5.41. The van der Waals surface area contributed by atoms with E-state index in [0.29, 0.717) is 24.9 Å². The minimum atomic E-state index is 0.187. The molecule has 1 atom stereocenters. The van der Waals surface area contributed by atoms with Gasteiger partial charge < -0.3 is 20.5 Å². The van der Waals surface area contributed by atoms with E-state index in [1.807, 2.05) is 32.2 Å². The van der Waals surface area contributed by atoms with Crippen molar-refractivity contribution in [1.29, 1.82) is 0 Å². The average Bonchev–Trinajstić information content (AvgIpc) is 2.33. The second-order valence-electron chi connectivity index (χ2n) is 4.56. The molecule has 0 spiro atoms. The largest absolute Gasteiger partial charge is 0.492 e. The van der Waals surface area contributed by atoms with Crippen molar-refractivity contribution in [3.63, 3.8) is 0 Å². The van der Waals surface area contributed by atoms with Gasteiger partial charge in [-0.05, 0) is 45.0 Å². The average molecular weight is 252 g/mol. The normalized spacial score (nSPS) is 12.7. The minimum absolute atomic E-state index is 0.187. The van der Waals surface area contributed by atoms with Crippen LogP contribution in [0.15, 0.2) is 18.2 Å². The van der Waals surface area contributed by atoms with Gasteiger partial charge in [0, 0.05) is 12.6 Å². The summed E-state index contributed by atoms with van der Waals surface area (Å²) in [5, 5.41) is 8.91. The first-order valence-electron chi connectivity index (χ1n) is 6.40. The maximum atomic E-state index is 8.91. The van der Waals surface area contributed by atoms with Crippen LogP contribution in [0.1, 0.15) is 19.4 Å². The molecule has 0 fully saturated rings. The lowest BCUT2D eigenvalue weighted by molar-refractivity contribution is 0.187. The van der Waals surface area contributed by atoms with Gasteiger partial charge in [0.1, 0.15) is 5.75 Å². The lowest BCUT2D eigenvalue weighted by Gasteiger charge is -2.24. The van der Waals surface area contributed by atoms with E-state index >= 15 is 0 Å². The van der Waals surface area contributed by atoms with Gasteiger partial charge in [0.05, 0.1) is 18.9 Å². The van der Waals surface area contributed by atoms with Crippen LogP contribution < -0.4 is 10.5 Å². The van der Waals surface area contributed by atoms with E-state index in [0.717, 1.165) is 12.2 Å². The molecular weight excluding hydrogens is 228 g/mol. The molecule has 0 aliphatic carbocycles. The number of aliphatic hydroxyl groups is 1. The molecule has 3 N–H and O–H groups in total. The van der Waals surface area contributed by atoms with Crippen LogP contribution in [-0.4, -0.2) is 42.9 Å². The molecule has 1 aromatic carbocycles. The number of nitrogen functional groups attached to an aromatic ring is 1. The zero-order chi connectivity index (χ0) is 13.5. The first-order chi connectivity index (χ1) is 8.58. The number of hydrogen-bond acceptors (Lipinski definition) is 4. The van der Waals surface area contributed by atoms with Gasteiger partial charge in [0.2, 0.25) is 0 Å². The van der Waals surface area contributed by atoms with Gasteiger partial charge >= 0.3 is 0 Å². The number of hydrogen-bond donors (Lipinski definition) is 2. The molecular formula is C14H24N2O2. The Bertz CT molecular complexity index is 369. The quantitative estimate of drug-likeness (QED) is 0.722. The summed E-state index contributed by atoms with van der Waals surface area (Å²) in [6.07, 6.45) is 0.910. The maximum absolute atomic E-state index is 8.91. The zero-order valence-corrected chi connectivity index (χ0v) is 11.5. The van der Waals surface area contributed by atoms with Gasteiger partial charge in [0.15, 0.2) is 0 Å². The monoisotopic (exact) mass is 252 g/mol. The van der Waals surface area contributed by atoms with E-state index in [2.05, 4.69) is 11.8 Å². The van der Waals surface area contributed by atoms with Gasteiger partial charge in [-0.15, -0.1) is 0 Å². The Labute approximate surface area is 109 Å². The van der Waals surface area contributed by atoms with Gasteiger partial charge in [-0.3, -0.25) is 0 Å². The molecule has 1 aromatic rings. The molecule has 0 amide bonds. The summed E-state index contributed by atoms with van der Waals surface area (Å²) in [6, 6.07) is 6.31. The van der Waals surface area contributed by atoms with E-state index in [9.17, 15) is 0 Å². The topological polar surface area (TPSA) is 58.7 Å². The third kappa shape index (κ3) is 4.20. The van der Waals surface area contributed by atoms with Crippen molar-refractivity contribution in [3.05, 3.63) is 23.8 Å². The van der Waals surface area contributed by atoms with Gasteiger partial charge in [-0.2, -0.15) is 0 Å². The standard InChI is InChI=1S/C14H24N2O2/c1-4-18-14-6-5-12(10-13(14)15)9-11(2)16(3)7-8-17/h5-6,10-11,17H,4,7-9,15H2,1-3H3. The zero-order valence-electron chi connectivity index (χ0n) is 11.5. The number of nitrogens with two attached hydrogens (primary N) is 1. The Morgan fingerprint density at radius 3 is 2.72 bits per heavy atom. The van der Waals surface area contributed by atoms with E-state index in [4.69, 9.17) is 15.6 Å². The lowest BCUT2D eigenvalue weighted by Crippen LogP contribution is -2.33. The van der Waals surface area contributed by atoms with Crippen LogP contribution in [-0.2, 0) is 6.42 Å². The van der Waals surface area contributed by atoms with Crippen molar-refractivity contribution in [1.82, 2.24) is 4.90 Å². The Hall–Kier alpha value is -1.26. The highest BCUT2D eigenvalue weighted by Gasteiger charge is 2.10. The number of anilines is 1. The number of rotatable bonds is 7. The molecule has 102 valence electrons. The molecule has 0 saturated carbocycles. The molecule has 0 aliphatic rings. The summed E-state index contributed by atoms with van der Waals surface area (Å²) in [4.78, 5) is 2.13. The third-order valence-electron chi connectivity index (χ3n) is 3.11. The summed E-state index contributed by atoms with van der Waals surface area (Å²) in [5.74, 6) is 0.748. The van der Waals surface area contributed by atoms with E-state index in [1.165, 1.54) is 5.56 Å². The van der Waals surface area contributed by atoms with E-state index < -0.39 is 0 Å². The molecule has 0 heterocycles. The van der Waals surface area contributed by atoms with Crippen molar-refractivity contribution in [2.45, 2.75) is 26.3 Å². The second kappa shape index (κ2) is 7.24. The Morgan fingerprint density at radius 2 is 2.17 bits per heavy atom. The molecule has 4 nitrogen and oxygen atoms in total. The van der Waals surface area contributed by atoms with E-state index in [-0.39, 0.29) is 6.61 Å². The van der Waals surface area contributed by atoms with Crippen LogP contribution in [0.3, 0.4) is 0 Å². The van der Waals surface area contributed by atoms with Crippen LogP contribution in [0, 0.1) is 0 Å². The fraction of sp³-hybridized carbons (Fsp3) is 0.571. The highest BCUT2D eigenvalue weighted by Crippen LogP contribution is 2.23. The fourth-order valence-electron chi connectivity index (χ4n) is 1.89. The number of aliphatic hydroxyl groups excluding tert-OH is 1. The molecule has 18 heavy (non-hydrogen) atoms. The van der Waals surface area contributed by atoms with Crippen molar-refractivity contribution in [2.24, 2.45) is 0 Å². The number of benzene rings is 1. The Morgan fingerprint density at radius 1 is 1.44 bits per heavy atom. The summed E-state index contributed by atoms with van der Waals surface area (Å²) in [6.45, 7) is 5.58. The molecule has 0 aliphatic heterocycles. The predicted octanol–water partition coefficient (Wildman–Crippen LogP) is 1.52. The molecule has 0 saturated heterocycles. The van der Waals surface area contributed by atoms with Crippen LogP contribution in [0.2, 0.25) is 0 Å². The highest BCUT2D eigenvalue weighted by atomic mass is 16.5. The Kier molecular flexibility index (Phi) is 5.95. The number of ether oxygens (including phenoxy) is 1. The van der Waals surface area contributed by atoms with Gasteiger partial charge in [-0.1, -0.05) is 6.07 Å². The molecule has 0 aromatic heterocycles. The van der Waals surface area contributed by atoms with Crippen molar-refractivity contribution < 1.29 is 9.84 Å². The highest BCUT2D eigenvalue weighted by molar-refractivity contribution is 5.54. The maximum Gasteiger partial charge on any atom is 0.142 e.